The number of aromatic nitrogens is 2. The lowest BCUT2D eigenvalue weighted by Crippen LogP contribution is -2.55. The molecule has 2 heterocycles. The summed E-state index contributed by atoms with van der Waals surface area (Å²) in [5.41, 5.74) is -0.598. The van der Waals surface area contributed by atoms with Gasteiger partial charge in [0.05, 0.1) is 29.5 Å². The first-order valence-electron chi connectivity index (χ1n) is 6.52. The van der Waals surface area contributed by atoms with E-state index in [-0.39, 0.29) is 29.2 Å². The van der Waals surface area contributed by atoms with Gasteiger partial charge in [-0.05, 0) is 13.8 Å². The van der Waals surface area contributed by atoms with Gasteiger partial charge in [-0.2, -0.15) is 9.40 Å². The van der Waals surface area contributed by atoms with Gasteiger partial charge >= 0.3 is 0 Å². The third-order valence-corrected chi connectivity index (χ3v) is 5.55. The molecule has 1 aliphatic rings. The van der Waals surface area contributed by atoms with Crippen LogP contribution in [-0.4, -0.2) is 61.0 Å². The number of nitrogens with zero attached hydrogens (tertiary/aromatic N) is 3. The van der Waals surface area contributed by atoms with Crippen LogP contribution in [0.2, 0.25) is 5.02 Å². The Kier molecular flexibility index (Phi) is 4.65. The molecule has 1 fully saturated rings. The molecule has 0 N–H and O–H groups in total. The van der Waals surface area contributed by atoms with Crippen LogP contribution in [0.5, 0.6) is 0 Å². The standard InChI is InChI=1S/C12H20ClN3O4S/c1-12(2)8-16(6-9(20-12)7-19-4)21(17,18)11-10(13)5-14-15(11)3/h5,9H,6-8H2,1-4H3/t9-/m0/s1. The number of hydrogen-bond acceptors (Lipinski definition) is 5. The Balaban J connectivity index is 2.35. The Hall–Kier alpha value is -0.670. The highest BCUT2D eigenvalue weighted by Crippen LogP contribution is 2.29. The second-order valence-electron chi connectivity index (χ2n) is 5.67. The van der Waals surface area contributed by atoms with Gasteiger partial charge in [0.25, 0.3) is 10.0 Å². The van der Waals surface area contributed by atoms with E-state index in [0.717, 1.165) is 0 Å². The maximum absolute atomic E-state index is 12.8. The van der Waals surface area contributed by atoms with Crippen LogP contribution in [0.3, 0.4) is 0 Å². The minimum absolute atomic E-state index is 0.00182. The van der Waals surface area contributed by atoms with E-state index < -0.39 is 15.6 Å². The van der Waals surface area contributed by atoms with Gasteiger partial charge in [-0.25, -0.2) is 8.42 Å². The molecule has 0 spiro atoms. The third-order valence-electron chi connectivity index (χ3n) is 3.23. The lowest BCUT2D eigenvalue weighted by Gasteiger charge is -2.41. The maximum atomic E-state index is 12.8. The zero-order valence-electron chi connectivity index (χ0n) is 12.5. The van der Waals surface area contributed by atoms with E-state index in [2.05, 4.69) is 5.10 Å². The van der Waals surface area contributed by atoms with Crippen LogP contribution >= 0.6 is 11.6 Å². The average molecular weight is 338 g/mol. The molecule has 1 saturated heterocycles. The van der Waals surface area contributed by atoms with Gasteiger partial charge in [0.15, 0.2) is 5.03 Å². The highest BCUT2D eigenvalue weighted by Gasteiger charge is 2.41. The fourth-order valence-corrected chi connectivity index (χ4v) is 4.74. The Morgan fingerprint density at radius 3 is 2.76 bits per heavy atom. The summed E-state index contributed by atoms with van der Waals surface area (Å²) in [4.78, 5) is 0. The van der Waals surface area contributed by atoms with Crippen molar-refractivity contribution in [1.82, 2.24) is 14.1 Å². The number of aryl methyl sites for hydroxylation is 1. The van der Waals surface area contributed by atoms with Gasteiger partial charge in [0.2, 0.25) is 0 Å². The van der Waals surface area contributed by atoms with Crippen molar-refractivity contribution in [3.63, 3.8) is 0 Å². The molecule has 21 heavy (non-hydrogen) atoms. The Bertz CT molecular complexity index is 595. The van der Waals surface area contributed by atoms with Crippen LogP contribution < -0.4 is 0 Å². The van der Waals surface area contributed by atoms with Crippen LogP contribution in [0.1, 0.15) is 13.8 Å². The molecule has 0 unspecified atom stereocenters. The SMILES string of the molecule is COC[C@@H]1CN(S(=O)(=O)c2c(Cl)cnn2C)CC(C)(C)O1. The van der Waals surface area contributed by atoms with E-state index in [9.17, 15) is 8.42 Å². The normalized spacial score (nSPS) is 23.4. The van der Waals surface area contributed by atoms with Gasteiger partial charge in [-0.15, -0.1) is 0 Å². The van der Waals surface area contributed by atoms with Crippen LogP contribution in [0.25, 0.3) is 0 Å². The first-order chi connectivity index (χ1) is 9.67. The first kappa shape index (κ1) is 16.7. The first-order valence-corrected chi connectivity index (χ1v) is 8.33. The summed E-state index contributed by atoms with van der Waals surface area (Å²) in [6, 6.07) is 0. The molecular weight excluding hydrogens is 318 g/mol. The summed E-state index contributed by atoms with van der Waals surface area (Å²) in [6.07, 6.45) is 1.01. The molecule has 1 aromatic heterocycles. The van der Waals surface area contributed by atoms with E-state index in [4.69, 9.17) is 21.1 Å². The molecule has 1 atom stereocenters. The molecule has 120 valence electrons. The maximum Gasteiger partial charge on any atom is 0.261 e. The fourth-order valence-electron chi connectivity index (χ4n) is 2.51. The molecule has 0 radical (unpaired) electrons. The van der Waals surface area contributed by atoms with Crippen LogP contribution in [0.15, 0.2) is 11.2 Å². The lowest BCUT2D eigenvalue weighted by molar-refractivity contribution is -0.135. The van der Waals surface area contributed by atoms with Crippen molar-refractivity contribution >= 4 is 21.6 Å². The summed E-state index contributed by atoms with van der Waals surface area (Å²) in [6.45, 7) is 4.50. The highest BCUT2D eigenvalue weighted by molar-refractivity contribution is 7.89. The number of morpholine rings is 1. The van der Waals surface area contributed by atoms with E-state index in [1.165, 1.54) is 15.2 Å². The quantitative estimate of drug-likeness (QED) is 0.815. The molecule has 0 aromatic carbocycles. The molecule has 0 bridgehead atoms. The van der Waals surface area contributed by atoms with Crippen molar-refractivity contribution in [2.75, 3.05) is 26.8 Å². The van der Waals surface area contributed by atoms with Crippen molar-refractivity contribution in [3.8, 4) is 0 Å². The van der Waals surface area contributed by atoms with E-state index >= 15 is 0 Å². The predicted molar refractivity (Wildman–Crippen MR) is 77.8 cm³/mol. The van der Waals surface area contributed by atoms with Crippen molar-refractivity contribution in [2.24, 2.45) is 7.05 Å². The number of rotatable bonds is 4. The molecule has 7 nitrogen and oxygen atoms in total. The Labute approximate surface area is 129 Å². The van der Waals surface area contributed by atoms with E-state index in [1.54, 1.807) is 14.2 Å². The van der Waals surface area contributed by atoms with Crippen molar-refractivity contribution in [1.29, 1.82) is 0 Å². The van der Waals surface area contributed by atoms with Crippen LogP contribution in [0, 0.1) is 0 Å². The van der Waals surface area contributed by atoms with E-state index in [0.29, 0.717) is 6.61 Å². The van der Waals surface area contributed by atoms with Gasteiger partial charge in [0.1, 0.15) is 0 Å². The summed E-state index contributed by atoms with van der Waals surface area (Å²) >= 11 is 5.97. The van der Waals surface area contributed by atoms with Gasteiger partial charge in [0, 0.05) is 27.2 Å². The second-order valence-corrected chi connectivity index (χ2v) is 7.93. The largest absolute Gasteiger partial charge is 0.382 e. The van der Waals surface area contributed by atoms with Crippen LogP contribution in [-0.2, 0) is 26.5 Å². The number of methoxy groups -OCH3 is 1. The summed E-state index contributed by atoms with van der Waals surface area (Å²) in [7, 11) is -0.626. The topological polar surface area (TPSA) is 73.7 Å². The lowest BCUT2D eigenvalue weighted by atomic mass is 10.1. The summed E-state index contributed by atoms with van der Waals surface area (Å²) in [5, 5.41) is 4.01. The Morgan fingerprint density at radius 2 is 2.24 bits per heavy atom. The molecule has 1 aromatic rings. The third kappa shape index (κ3) is 3.40. The monoisotopic (exact) mass is 337 g/mol. The Morgan fingerprint density at radius 1 is 1.57 bits per heavy atom. The van der Waals surface area contributed by atoms with Crippen molar-refractivity contribution < 1.29 is 17.9 Å². The van der Waals surface area contributed by atoms with E-state index in [1.807, 2.05) is 13.8 Å². The predicted octanol–water partition coefficient (Wildman–Crippen LogP) is 0.888. The molecule has 0 amide bonds. The number of sulfonamides is 1. The number of hydrogen-bond donors (Lipinski definition) is 0. The molecule has 0 saturated carbocycles. The molecular formula is C12H20ClN3O4S. The highest BCUT2D eigenvalue weighted by atomic mass is 35.5. The van der Waals surface area contributed by atoms with Gasteiger partial charge in [-0.1, -0.05) is 11.6 Å². The fraction of sp³-hybridized carbons (Fsp3) is 0.750. The van der Waals surface area contributed by atoms with Gasteiger partial charge < -0.3 is 9.47 Å². The molecule has 1 aliphatic heterocycles. The summed E-state index contributed by atoms with van der Waals surface area (Å²) < 4.78 is 39.2. The van der Waals surface area contributed by atoms with Crippen molar-refractivity contribution in [3.05, 3.63) is 11.2 Å². The number of ether oxygens (including phenoxy) is 2. The number of halogens is 1. The smallest absolute Gasteiger partial charge is 0.261 e. The summed E-state index contributed by atoms with van der Waals surface area (Å²) in [5.74, 6) is 0. The minimum atomic E-state index is -3.74. The minimum Gasteiger partial charge on any atom is -0.382 e. The zero-order valence-corrected chi connectivity index (χ0v) is 14.1. The molecule has 2 rings (SSSR count). The zero-order chi connectivity index (χ0) is 15.8. The molecule has 0 aliphatic carbocycles. The average Bonchev–Trinajstić information content (AvgIpc) is 2.68. The molecule has 9 heteroatoms. The second kappa shape index (κ2) is 5.85. The van der Waals surface area contributed by atoms with Crippen LogP contribution in [0.4, 0.5) is 0 Å². The van der Waals surface area contributed by atoms with Gasteiger partial charge in [-0.3, -0.25) is 4.68 Å². The van der Waals surface area contributed by atoms with Crippen molar-refractivity contribution in [2.45, 2.75) is 30.6 Å².